The van der Waals surface area contributed by atoms with Crippen molar-refractivity contribution < 1.29 is 14.3 Å². The molecule has 0 radical (unpaired) electrons. The minimum atomic E-state index is -0.818. The van der Waals surface area contributed by atoms with Crippen molar-refractivity contribution in [2.75, 3.05) is 13.2 Å². The Morgan fingerprint density at radius 2 is 2.00 bits per heavy atom. The lowest BCUT2D eigenvalue weighted by Crippen LogP contribution is -2.30. The molecule has 1 amide bonds. The summed E-state index contributed by atoms with van der Waals surface area (Å²) in [6, 6.07) is 0. The normalized spacial score (nSPS) is 24.5. The number of ether oxygens (including phenoxy) is 1. The maximum absolute atomic E-state index is 11.1. The fraction of sp³-hybridized carbons (Fsp3) is 0.750. The van der Waals surface area contributed by atoms with Crippen LogP contribution in [0.1, 0.15) is 19.3 Å². The molecule has 1 fully saturated rings. The van der Waals surface area contributed by atoms with E-state index in [-0.39, 0.29) is 5.92 Å². The van der Waals surface area contributed by atoms with Crippen molar-refractivity contribution in [2.45, 2.75) is 19.3 Å². The highest BCUT2D eigenvalue weighted by molar-refractivity contribution is 6.36. The average Bonchev–Trinajstić information content (AvgIpc) is 2.30. The number of rotatable bonds is 2. The molecular formula is C8H13NO3. The second kappa shape index (κ2) is 4.21. The van der Waals surface area contributed by atoms with Crippen molar-refractivity contribution >= 4 is 11.7 Å². The topological polar surface area (TPSA) is 69.4 Å². The van der Waals surface area contributed by atoms with Gasteiger partial charge in [0.15, 0.2) is 0 Å². The van der Waals surface area contributed by atoms with E-state index in [2.05, 4.69) is 0 Å². The van der Waals surface area contributed by atoms with Gasteiger partial charge in [0.1, 0.15) is 0 Å². The van der Waals surface area contributed by atoms with Crippen molar-refractivity contribution in [2.24, 2.45) is 11.7 Å². The Kier molecular flexibility index (Phi) is 3.22. The van der Waals surface area contributed by atoms with Crippen LogP contribution in [0.3, 0.4) is 0 Å². The molecule has 0 aromatic rings. The predicted molar refractivity (Wildman–Crippen MR) is 42.4 cm³/mol. The largest absolute Gasteiger partial charge is 0.381 e. The van der Waals surface area contributed by atoms with Crippen molar-refractivity contribution in [3.63, 3.8) is 0 Å². The molecule has 0 aromatic heterocycles. The summed E-state index contributed by atoms with van der Waals surface area (Å²) in [5, 5.41) is 0. The lowest BCUT2D eigenvalue weighted by atomic mass is 9.95. The number of carbonyl (C=O) groups excluding carboxylic acids is 2. The third-order valence-corrected chi connectivity index (χ3v) is 2.07. The number of hydrogen-bond donors (Lipinski definition) is 1. The molecule has 1 atom stereocenters. The van der Waals surface area contributed by atoms with E-state index in [0.29, 0.717) is 19.6 Å². The van der Waals surface area contributed by atoms with Crippen LogP contribution in [0.2, 0.25) is 0 Å². The molecule has 4 heteroatoms. The summed E-state index contributed by atoms with van der Waals surface area (Å²) in [5.41, 5.74) is 4.89. The molecule has 1 heterocycles. The van der Waals surface area contributed by atoms with Crippen molar-refractivity contribution in [1.82, 2.24) is 0 Å². The van der Waals surface area contributed by atoms with E-state index >= 15 is 0 Å². The standard InChI is InChI=1S/C8H13NO3/c9-8(11)7(10)6-2-1-4-12-5-3-6/h6H,1-5H2,(H2,9,11)/t6-/m1/s1. The first-order valence-electron chi connectivity index (χ1n) is 4.13. The molecule has 12 heavy (non-hydrogen) atoms. The molecule has 0 bridgehead atoms. The van der Waals surface area contributed by atoms with Gasteiger partial charge in [-0.25, -0.2) is 0 Å². The molecule has 0 spiro atoms. The molecule has 1 saturated heterocycles. The van der Waals surface area contributed by atoms with Crippen LogP contribution >= 0.6 is 0 Å². The highest BCUT2D eigenvalue weighted by Crippen LogP contribution is 2.16. The lowest BCUT2D eigenvalue weighted by molar-refractivity contribution is -0.138. The summed E-state index contributed by atoms with van der Waals surface area (Å²) in [7, 11) is 0. The van der Waals surface area contributed by atoms with Gasteiger partial charge in [0.25, 0.3) is 5.91 Å². The third-order valence-electron chi connectivity index (χ3n) is 2.07. The van der Waals surface area contributed by atoms with Crippen LogP contribution in [0, 0.1) is 5.92 Å². The number of Topliss-reactive ketones (excluding diaryl/α,β-unsaturated/α-hetero) is 1. The van der Waals surface area contributed by atoms with Gasteiger partial charge in [-0.2, -0.15) is 0 Å². The Bertz CT molecular complexity index is 183. The minimum Gasteiger partial charge on any atom is -0.381 e. The van der Waals surface area contributed by atoms with E-state index in [1.807, 2.05) is 0 Å². The van der Waals surface area contributed by atoms with Crippen molar-refractivity contribution in [3.05, 3.63) is 0 Å². The maximum Gasteiger partial charge on any atom is 0.285 e. The molecule has 0 aliphatic carbocycles. The second-order valence-corrected chi connectivity index (χ2v) is 2.97. The Morgan fingerprint density at radius 3 is 2.67 bits per heavy atom. The number of amides is 1. The molecule has 1 aliphatic heterocycles. The van der Waals surface area contributed by atoms with Gasteiger partial charge in [-0.15, -0.1) is 0 Å². The van der Waals surface area contributed by atoms with Crippen LogP contribution in [-0.2, 0) is 14.3 Å². The highest BCUT2D eigenvalue weighted by Gasteiger charge is 2.23. The number of primary amides is 1. The summed E-state index contributed by atoms with van der Waals surface area (Å²) in [6.45, 7) is 1.24. The smallest absolute Gasteiger partial charge is 0.285 e. The Morgan fingerprint density at radius 1 is 1.25 bits per heavy atom. The minimum absolute atomic E-state index is 0.204. The number of carbonyl (C=O) groups is 2. The fourth-order valence-corrected chi connectivity index (χ4v) is 1.37. The van der Waals surface area contributed by atoms with E-state index in [1.54, 1.807) is 0 Å². The van der Waals surface area contributed by atoms with Crippen LogP contribution in [-0.4, -0.2) is 24.9 Å². The first-order chi connectivity index (χ1) is 5.72. The molecule has 0 saturated carbocycles. The van der Waals surface area contributed by atoms with E-state index in [0.717, 1.165) is 12.8 Å². The summed E-state index contributed by atoms with van der Waals surface area (Å²) < 4.78 is 5.15. The molecule has 0 aromatic carbocycles. The molecule has 0 unspecified atom stereocenters. The second-order valence-electron chi connectivity index (χ2n) is 2.97. The maximum atomic E-state index is 11.1. The van der Waals surface area contributed by atoms with Crippen LogP contribution in [0.5, 0.6) is 0 Å². The quantitative estimate of drug-likeness (QED) is 0.588. The number of ketones is 1. The monoisotopic (exact) mass is 171 g/mol. The fourth-order valence-electron chi connectivity index (χ4n) is 1.37. The lowest BCUT2D eigenvalue weighted by Gasteiger charge is -2.07. The van der Waals surface area contributed by atoms with E-state index in [9.17, 15) is 9.59 Å². The molecule has 4 nitrogen and oxygen atoms in total. The number of nitrogens with two attached hydrogens (primary N) is 1. The van der Waals surface area contributed by atoms with Crippen LogP contribution < -0.4 is 5.73 Å². The van der Waals surface area contributed by atoms with Gasteiger partial charge in [0, 0.05) is 19.1 Å². The first kappa shape index (κ1) is 9.19. The van der Waals surface area contributed by atoms with Gasteiger partial charge in [0.2, 0.25) is 5.78 Å². The highest BCUT2D eigenvalue weighted by atomic mass is 16.5. The van der Waals surface area contributed by atoms with E-state index < -0.39 is 11.7 Å². The first-order valence-corrected chi connectivity index (χ1v) is 4.13. The molecule has 2 N–H and O–H groups in total. The zero-order chi connectivity index (χ0) is 8.97. The van der Waals surface area contributed by atoms with Crippen LogP contribution in [0.15, 0.2) is 0 Å². The van der Waals surface area contributed by atoms with Crippen molar-refractivity contribution in [1.29, 1.82) is 0 Å². The van der Waals surface area contributed by atoms with Crippen LogP contribution in [0.25, 0.3) is 0 Å². The van der Waals surface area contributed by atoms with Gasteiger partial charge in [-0.05, 0) is 19.3 Å². The van der Waals surface area contributed by atoms with Gasteiger partial charge in [-0.1, -0.05) is 0 Å². The Balaban J connectivity index is 2.48. The average molecular weight is 171 g/mol. The van der Waals surface area contributed by atoms with Crippen molar-refractivity contribution in [3.8, 4) is 0 Å². The summed E-state index contributed by atoms with van der Waals surface area (Å²) in [6.07, 6.45) is 2.19. The zero-order valence-electron chi connectivity index (χ0n) is 6.91. The van der Waals surface area contributed by atoms with Gasteiger partial charge in [-0.3, -0.25) is 9.59 Å². The molecule has 1 rings (SSSR count). The Labute approximate surface area is 71.1 Å². The zero-order valence-corrected chi connectivity index (χ0v) is 6.91. The van der Waals surface area contributed by atoms with Gasteiger partial charge in [0.05, 0.1) is 0 Å². The molecule has 68 valence electrons. The summed E-state index contributed by atoms with van der Waals surface area (Å²) in [5.74, 6) is -1.47. The molecular weight excluding hydrogens is 158 g/mol. The number of hydrogen-bond acceptors (Lipinski definition) is 3. The third kappa shape index (κ3) is 2.30. The summed E-state index contributed by atoms with van der Waals surface area (Å²) in [4.78, 5) is 21.7. The van der Waals surface area contributed by atoms with Gasteiger partial charge < -0.3 is 10.5 Å². The van der Waals surface area contributed by atoms with E-state index in [4.69, 9.17) is 10.5 Å². The molecule has 1 aliphatic rings. The predicted octanol–water partition coefficient (Wildman–Crippen LogP) is -0.143. The van der Waals surface area contributed by atoms with Gasteiger partial charge >= 0.3 is 0 Å². The Hall–Kier alpha value is -0.900. The van der Waals surface area contributed by atoms with E-state index in [1.165, 1.54) is 0 Å². The van der Waals surface area contributed by atoms with Crippen LogP contribution in [0.4, 0.5) is 0 Å². The SMILES string of the molecule is NC(=O)C(=O)[C@@H]1CCCOCC1. The summed E-state index contributed by atoms with van der Waals surface area (Å²) >= 11 is 0.